The number of rotatable bonds is 6. The highest BCUT2D eigenvalue weighted by molar-refractivity contribution is 7.09. The Morgan fingerprint density at radius 3 is 2.79 bits per heavy atom. The monoisotopic (exact) mass is 276 g/mol. The minimum atomic E-state index is 0.455. The first-order valence-corrected chi connectivity index (χ1v) is 7.39. The average Bonchev–Trinajstić information content (AvgIpc) is 2.83. The first-order chi connectivity index (χ1) is 9.15. The van der Waals surface area contributed by atoms with E-state index in [9.17, 15) is 0 Å². The number of aryl methyl sites for hydroxylation is 1. The van der Waals surface area contributed by atoms with Gasteiger partial charge in [-0.3, -0.25) is 9.97 Å². The molecule has 0 saturated heterocycles. The highest BCUT2D eigenvalue weighted by atomic mass is 32.1. The number of hydrogen-bond donors (Lipinski definition) is 0. The molecule has 0 aromatic carbocycles. The molecule has 0 radical (unpaired) electrons. The molecular formula is C14H20N4S. The number of aromatic nitrogens is 3. The zero-order valence-corrected chi connectivity index (χ0v) is 12.5. The molecule has 0 spiro atoms. The van der Waals surface area contributed by atoms with Crippen molar-refractivity contribution in [2.24, 2.45) is 0 Å². The highest BCUT2D eigenvalue weighted by Gasteiger charge is 2.11. The molecule has 0 saturated carbocycles. The Hall–Kier alpha value is -1.33. The fourth-order valence-corrected chi connectivity index (χ4v) is 2.58. The van der Waals surface area contributed by atoms with Crippen molar-refractivity contribution >= 4 is 11.3 Å². The Balaban J connectivity index is 1.80. The second-order valence-electron chi connectivity index (χ2n) is 4.84. The lowest BCUT2D eigenvalue weighted by Gasteiger charge is -2.23. The van der Waals surface area contributed by atoms with Gasteiger partial charge in [-0.1, -0.05) is 0 Å². The zero-order chi connectivity index (χ0) is 13.7. The third-order valence-corrected chi connectivity index (χ3v) is 4.08. The minimum absolute atomic E-state index is 0.455. The Kier molecular flexibility index (Phi) is 4.99. The van der Waals surface area contributed by atoms with Crippen LogP contribution in [0, 0.1) is 6.92 Å². The van der Waals surface area contributed by atoms with Crippen LogP contribution in [0.25, 0.3) is 0 Å². The summed E-state index contributed by atoms with van der Waals surface area (Å²) in [6.07, 6.45) is 7.24. The van der Waals surface area contributed by atoms with Crippen LogP contribution in [0.15, 0.2) is 24.0 Å². The van der Waals surface area contributed by atoms with E-state index in [4.69, 9.17) is 0 Å². The summed E-state index contributed by atoms with van der Waals surface area (Å²) < 4.78 is 0. The lowest BCUT2D eigenvalue weighted by Crippen LogP contribution is -2.33. The molecule has 0 unspecified atom stereocenters. The zero-order valence-electron chi connectivity index (χ0n) is 11.7. The van der Waals surface area contributed by atoms with E-state index < -0.39 is 0 Å². The number of thiazole rings is 1. The normalized spacial score (nSPS) is 12.8. The van der Waals surface area contributed by atoms with Crippen LogP contribution in [0.5, 0.6) is 0 Å². The minimum Gasteiger partial charge on any atom is -0.303 e. The summed E-state index contributed by atoms with van der Waals surface area (Å²) in [5, 5.41) is 3.29. The van der Waals surface area contributed by atoms with Crippen molar-refractivity contribution < 1.29 is 0 Å². The van der Waals surface area contributed by atoms with Crippen LogP contribution in [0.4, 0.5) is 0 Å². The Labute approximate surface area is 118 Å². The van der Waals surface area contributed by atoms with Crippen molar-refractivity contribution in [1.29, 1.82) is 0 Å². The second kappa shape index (κ2) is 6.73. The quantitative estimate of drug-likeness (QED) is 0.812. The molecule has 2 aromatic rings. The topological polar surface area (TPSA) is 41.9 Å². The van der Waals surface area contributed by atoms with Gasteiger partial charge in [-0.15, -0.1) is 11.3 Å². The largest absolute Gasteiger partial charge is 0.303 e. The molecule has 0 aliphatic carbocycles. The SMILES string of the molecule is Cc1nc(CCN(C)[C@@H](C)Cc2cnccn2)cs1. The Morgan fingerprint density at radius 2 is 2.16 bits per heavy atom. The van der Waals surface area contributed by atoms with Gasteiger partial charge < -0.3 is 4.90 Å². The van der Waals surface area contributed by atoms with Gasteiger partial charge in [0, 0.05) is 49.4 Å². The smallest absolute Gasteiger partial charge is 0.0897 e. The molecule has 19 heavy (non-hydrogen) atoms. The maximum absolute atomic E-state index is 4.50. The van der Waals surface area contributed by atoms with E-state index in [0.717, 1.165) is 30.1 Å². The third kappa shape index (κ3) is 4.36. The lowest BCUT2D eigenvalue weighted by atomic mass is 10.1. The summed E-state index contributed by atoms with van der Waals surface area (Å²) in [6.45, 7) is 5.29. The van der Waals surface area contributed by atoms with Crippen LogP contribution in [0.1, 0.15) is 23.3 Å². The highest BCUT2D eigenvalue weighted by Crippen LogP contribution is 2.10. The summed E-state index contributed by atoms with van der Waals surface area (Å²) in [7, 11) is 2.15. The van der Waals surface area contributed by atoms with Crippen LogP contribution < -0.4 is 0 Å². The molecule has 102 valence electrons. The van der Waals surface area contributed by atoms with Crippen molar-refractivity contribution in [2.75, 3.05) is 13.6 Å². The molecule has 0 aliphatic heterocycles. The van der Waals surface area contributed by atoms with E-state index in [1.165, 1.54) is 5.69 Å². The molecular weight excluding hydrogens is 256 g/mol. The molecule has 1 atom stereocenters. The summed E-state index contributed by atoms with van der Waals surface area (Å²) in [5.74, 6) is 0. The van der Waals surface area contributed by atoms with Crippen LogP contribution >= 0.6 is 11.3 Å². The van der Waals surface area contributed by atoms with Gasteiger partial charge in [0.2, 0.25) is 0 Å². The predicted octanol–water partition coefficient (Wildman–Crippen LogP) is 2.35. The Morgan fingerprint density at radius 1 is 1.32 bits per heavy atom. The molecule has 0 fully saturated rings. The van der Waals surface area contributed by atoms with E-state index in [2.05, 4.69) is 46.1 Å². The molecule has 2 aromatic heterocycles. The maximum Gasteiger partial charge on any atom is 0.0897 e. The van der Waals surface area contributed by atoms with Gasteiger partial charge in [0.1, 0.15) is 0 Å². The van der Waals surface area contributed by atoms with Crippen molar-refractivity contribution in [3.63, 3.8) is 0 Å². The third-order valence-electron chi connectivity index (χ3n) is 3.26. The molecule has 0 N–H and O–H groups in total. The molecule has 0 aliphatic rings. The second-order valence-corrected chi connectivity index (χ2v) is 5.90. The van der Waals surface area contributed by atoms with Crippen molar-refractivity contribution in [1.82, 2.24) is 19.9 Å². The van der Waals surface area contributed by atoms with E-state index in [0.29, 0.717) is 6.04 Å². The molecule has 0 bridgehead atoms. The van der Waals surface area contributed by atoms with Gasteiger partial charge in [-0.2, -0.15) is 0 Å². The summed E-state index contributed by atoms with van der Waals surface area (Å²) in [5.41, 5.74) is 2.24. The van der Waals surface area contributed by atoms with Crippen molar-refractivity contribution in [2.45, 2.75) is 32.7 Å². The first-order valence-electron chi connectivity index (χ1n) is 6.51. The predicted molar refractivity (Wildman–Crippen MR) is 78.4 cm³/mol. The molecule has 5 heteroatoms. The number of nitrogens with zero attached hydrogens (tertiary/aromatic N) is 4. The van der Waals surface area contributed by atoms with E-state index in [1.807, 2.05) is 6.20 Å². The van der Waals surface area contributed by atoms with Gasteiger partial charge in [-0.05, 0) is 20.9 Å². The number of likely N-dealkylation sites (N-methyl/N-ethyl adjacent to an activating group) is 1. The maximum atomic E-state index is 4.50. The van der Waals surface area contributed by atoms with Crippen LogP contribution in [-0.4, -0.2) is 39.5 Å². The summed E-state index contributed by atoms with van der Waals surface area (Å²) >= 11 is 1.72. The van der Waals surface area contributed by atoms with E-state index >= 15 is 0 Å². The lowest BCUT2D eigenvalue weighted by molar-refractivity contribution is 0.257. The Bertz CT molecular complexity index is 497. The van der Waals surface area contributed by atoms with Crippen molar-refractivity contribution in [3.8, 4) is 0 Å². The van der Waals surface area contributed by atoms with E-state index in [-0.39, 0.29) is 0 Å². The van der Waals surface area contributed by atoms with Crippen molar-refractivity contribution in [3.05, 3.63) is 40.4 Å². The van der Waals surface area contributed by atoms with Crippen LogP contribution in [0.2, 0.25) is 0 Å². The summed E-state index contributed by atoms with van der Waals surface area (Å²) in [4.78, 5) is 15.3. The molecule has 0 amide bonds. The van der Waals surface area contributed by atoms with Crippen LogP contribution in [-0.2, 0) is 12.8 Å². The number of hydrogen-bond acceptors (Lipinski definition) is 5. The van der Waals surface area contributed by atoms with Crippen LogP contribution in [0.3, 0.4) is 0 Å². The van der Waals surface area contributed by atoms with Gasteiger partial charge in [0.25, 0.3) is 0 Å². The fourth-order valence-electron chi connectivity index (χ4n) is 1.93. The fraction of sp³-hybridized carbons (Fsp3) is 0.500. The van der Waals surface area contributed by atoms with Gasteiger partial charge in [0.05, 0.1) is 16.4 Å². The van der Waals surface area contributed by atoms with Gasteiger partial charge in [0.15, 0.2) is 0 Å². The first kappa shape index (κ1) is 14.1. The summed E-state index contributed by atoms with van der Waals surface area (Å²) in [6, 6.07) is 0.455. The van der Waals surface area contributed by atoms with Gasteiger partial charge >= 0.3 is 0 Å². The molecule has 2 rings (SSSR count). The van der Waals surface area contributed by atoms with E-state index in [1.54, 1.807) is 23.7 Å². The standard InChI is InChI=1S/C14H20N4S/c1-11(8-14-9-15-5-6-16-14)18(3)7-4-13-10-19-12(2)17-13/h5-6,9-11H,4,7-8H2,1-3H3/t11-/m0/s1. The molecule has 4 nitrogen and oxygen atoms in total. The molecule has 2 heterocycles. The average molecular weight is 276 g/mol. The van der Waals surface area contributed by atoms with Gasteiger partial charge in [-0.25, -0.2) is 4.98 Å².